The molecule has 1 N–H and O–H groups in total. The van der Waals surface area contributed by atoms with Crippen LogP contribution >= 0.6 is 11.3 Å². The molecule has 0 atom stereocenters. The van der Waals surface area contributed by atoms with Crippen LogP contribution in [0.4, 0.5) is 5.00 Å². The van der Waals surface area contributed by atoms with Crippen molar-refractivity contribution >= 4 is 28.2 Å². The van der Waals surface area contributed by atoms with Crippen molar-refractivity contribution in [3.8, 4) is 21.9 Å². The van der Waals surface area contributed by atoms with Gasteiger partial charge in [0.25, 0.3) is 11.8 Å². The average Bonchev–Trinajstić information content (AvgIpc) is 3.22. The Balaban J connectivity index is 1.55. The Bertz CT molecular complexity index is 1150. The summed E-state index contributed by atoms with van der Waals surface area (Å²) in [4.78, 5) is 29.3. The molecular formula is C28H32N2O4S. The molecule has 2 amide bonds. The predicted octanol–water partition coefficient (Wildman–Crippen LogP) is 6.16. The fourth-order valence-electron chi connectivity index (χ4n) is 4.19. The molecule has 2 aromatic carbocycles. The minimum absolute atomic E-state index is 0.0184. The van der Waals surface area contributed by atoms with Gasteiger partial charge in [0, 0.05) is 18.0 Å². The van der Waals surface area contributed by atoms with Crippen LogP contribution in [-0.2, 0) is 4.79 Å². The molecule has 0 radical (unpaired) electrons. The third-order valence-electron chi connectivity index (χ3n) is 5.96. The number of nitrogens with one attached hydrogen (secondary N) is 1. The molecule has 2 heterocycles. The monoisotopic (exact) mass is 492 g/mol. The largest absolute Gasteiger partial charge is 0.490 e. The van der Waals surface area contributed by atoms with Crippen molar-refractivity contribution in [3.05, 3.63) is 65.7 Å². The van der Waals surface area contributed by atoms with Gasteiger partial charge in [-0.05, 0) is 55.9 Å². The number of nitrogens with zero attached hydrogens (tertiary/aromatic N) is 1. The van der Waals surface area contributed by atoms with E-state index in [2.05, 4.69) is 5.32 Å². The summed E-state index contributed by atoms with van der Waals surface area (Å²) < 4.78 is 11.5. The van der Waals surface area contributed by atoms with E-state index in [4.69, 9.17) is 9.47 Å². The second-order valence-corrected chi connectivity index (χ2v) is 9.63. The molecule has 1 saturated heterocycles. The van der Waals surface area contributed by atoms with Gasteiger partial charge < -0.3 is 19.7 Å². The first kappa shape index (κ1) is 24.8. The van der Waals surface area contributed by atoms with E-state index in [1.165, 1.54) is 11.3 Å². The number of carbonyl (C=O) groups is 2. The zero-order valence-electron chi connectivity index (χ0n) is 20.3. The lowest BCUT2D eigenvalue weighted by Crippen LogP contribution is -2.36. The van der Waals surface area contributed by atoms with Gasteiger partial charge in [0.15, 0.2) is 18.1 Å². The third-order valence-corrected chi connectivity index (χ3v) is 7.22. The van der Waals surface area contributed by atoms with Gasteiger partial charge in [-0.15, -0.1) is 11.3 Å². The lowest BCUT2D eigenvalue weighted by atomic mass is 10.0. The molecule has 184 valence electrons. The van der Waals surface area contributed by atoms with Crippen LogP contribution in [0, 0.1) is 6.92 Å². The molecule has 0 aliphatic carbocycles. The van der Waals surface area contributed by atoms with E-state index in [0.29, 0.717) is 28.7 Å². The number of hydrogen-bond donors (Lipinski definition) is 1. The summed E-state index contributed by atoms with van der Waals surface area (Å²) in [5, 5.41) is 3.53. The molecule has 3 aromatic rings. The lowest BCUT2D eigenvalue weighted by Gasteiger charge is -2.27. The molecule has 1 aliphatic rings. The Morgan fingerprint density at radius 2 is 1.60 bits per heavy atom. The van der Waals surface area contributed by atoms with E-state index in [0.717, 1.165) is 54.8 Å². The maximum atomic E-state index is 13.5. The summed E-state index contributed by atoms with van der Waals surface area (Å²) in [7, 11) is 0. The van der Waals surface area contributed by atoms with E-state index >= 15 is 0 Å². The number of amides is 2. The number of hydrogen-bond acceptors (Lipinski definition) is 5. The van der Waals surface area contributed by atoms with Crippen molar-refractivity contribution in [2.75, 3.05) is 31.6 Å². The second kappa shape index (κ2) is 11.9. The van der Waals surface area contributed by atoms with Crippen molar-refractivity contribution in [1.29, 1.82) is 0 Å². The van der Waals surface area contributed by atoms with Gasteiger partial charge in [-0.3, -0.25) is 9.59 Å². The number of likely N-dealkylation sites (tertiary alicyclic amines) is 1. The minimum Gasteiger partial charge on any atom is -0.490 e. The van der Waals surface area contributed by atoms with E-state index in [1.807, 2.05) is 67.3 Å². The zero-order valence-corrected chi connectivity index (χ0v) is 21.2. The number of thiophene rings is 1. The first-order valence-corrected chi connectivity index (χ1v) is 13.0. The summed E-state index contributed by atoms with van der Waals surface area (Å²) in [6.07, 6.45) is 4.04. The van der Waals surface area contributed by atoms with Gasteiger partial charge in [-0.25, -0.2) is 0 Å². The molecule has 4 rings (SSSR count). The topological polar surface area (TPSA) is 67.9 Å². The number of benzene rings is 2. The number of para-hydroxylation sites is 2. The maximum absolute atomic E-state index is 13.5. The number of ether oxygens (including phenoxy) is 2. The normalized spacial score (nSPS) is 13.4. The van der Waals surface area contributed by atoms with Crippen LogP contribution in [0.5, 0.6) is 11.5 Å². The van der Waals surface area contributed by atoms with Crippen molar-refractivity contribution in [2.45, 2.75) is 39.5 Å². The van der Waals surface area contributed by atoms with Crippen LogP contribution in [-0.4, -0.2) is 43.0 Å². The van der Waals surface area contributed by atoms with E-state index in [1.54, 1.807) is 6.07 Å². The van der Waals surface area contributed by atoms with Crippen LogP contribution in [0.1, 0.15) is 48.5 Å². The minimum atomic E-state index is -0.316. The van der Waals surface area contributed by atoms with Crippen LogP contribution < -0.4 is 14.8 Å². The molecule has 0 unspecified atom stereocenters. The standard InChI is InChI=1S/C28H32N2O4S/c1-3-18-33-22-14-8-9-15-23(22)34-19-24(31)29-27-25(28(32)30-16-10-5-11-17-30)20(2)26(35-27)21-12-6-4-7-13-21/h4,6-9,12-15H,3,5,10-11,16-19H2,1-2H3,(H,29,31). The first-order valence-electron chi connectivity index (χ1n) is 12.2. The second-order valence-electron chi connectivity index (χ2n) is 8.61. The molecule has 7 heteroatoms. The Hall–Kier alpha value is -3.32. The summed E-state index contributed by atoms with van der Waals surface area (Å²) in [5.74, 6) is 0.800. The van der Waals surface area contributed by atoms with Crippen molar-refractivity contribution in [1.82, 2.24) is 4.90 Å². The Morgan fingerprint density at radius 3 is 2.29 bits per heavy atom. The SMILES string of the molecule is CCCOc1ccccc1OCC(=O)Nc1sc(-c2ccccc2)c(C)c1C(=O)N1CCCCC1. The van der Waals surface area contributed by atoms with Crippen molar-refractivity contribution < 1.29 is 19.1 Å². The first-order chi connectivity index (χ1) is 17.1. The smallest absolute Gasteiger partial charge is 0.262 e. The zero-order chi connectivity index (χ0) is 24.6. The Morgan fingerprint density at radius 1 is 0.943 bits per heavy atom. The quantitative estimate of drug-likeness (QED) is 0.389. The van der Waals surface area contributed by atoms with Gasteiger partial charge in [-0.2, -0.15) is 0 Å². The molecule has 1 aliphatic heterocycles. The van der Waals surface area contributed by atoms with Crippen molar-refractivity contribution in [3.63, 3.8) is 0 Å². The number of rotatable bonds is 9. The highest BCUT2D eigenvalue weighted by Crippen LogP contribution is 2.40. The molecule has 1 fully saturated rings. The van der Waals surface area contributed by atoms with Crippen LogP contribution in [0.25, 0.3) is 10.4 Å². The van der Waals surface area contributed by atoms with E-state index in [-0.39, 0.29) is 18.4 Å². The van der Waals surface area contributed by atoms with Crippen LogP contribution in [0.15, 0.2) is 54.6 Å². The molecule has 6 nitrogen and oxygen atoms in total. The van der Waals surface area contributed by atoms with Gasteiger partial charge >= 0.3 is 0 Å². The maximum Gasteiger partial charge on any atom is 0.262 e. The highest BCUT2D eigenvalue weighted by atomic mass is 32.1. The fraction of sp³-hybridized carbons (Fsp3) is 0.357. The fourth-order valence-corrected chi connectivity index (χ4v) is 5.41. The molecule has 0 saturated carbocycles. The predicted molar refractivity (Wildman–Crippen MR) is 141 cm³/mol. The number of anilines is 1. The average molecular weight is 493 g/mol. The summed E-state index contributed by atoms with van der Waals surface area (Å²) in [6.45, 7) is 5.89. The van der Waals surface area contributed by atoms with Gasteiger partial charge in [0.05, 0.1) is 12.2 Å². The highest BCUT2D eigenvalue weighted by molar-refractivity contribution is 7.20. The van der Waals surface area contributed by atoms with E-state index in [9.17, 15) is 9.59 Å². The number of carbonyl (C=O) groups excluding carboxylic acids is 2. The van der Waals surface area contributed by atoms with E-state index < -0.39 is 0 Å². The highest BCUT2D eigenvalue weighted by Gasteiger charge is 2.27. The summed E-state index contributed by atoms with van der Waals surface area (Å²) in [5.41, 5.74) is 2.50. The van der Waals surface area contributed by atoms with Crippen molar-refractivity contribution in [2.24, 2.45) is 0 Å². The van der Waals surface area contributed by atoms with Crippen LogP contribution in [0.3, 0.4) is 0 Å². The molecule has 35 heavy (non-hydrogen) atoms. The lowest BCUT2D eigenvalue weighted by molar-refractivity contribution is -0.118. The molecule has 1 aromatic heterocycles. The van der Waals surface area contributed by atoms with Crippen LogP contribution in [0.2, 0.25) is 0 Å². The Kier molecular flexibility index (Phi) is 8.42. The molecule has 0 spiro atoms. The van der Waals surface area contributed by atoms with Gasteiger partial charge in [0.2, 0.25) is 0 Å². The Labute approximate surface area is 210 Å². The van der Waals surface area contributed by atoms with Gasteiger partial charge in [0.1, 0.15) is 5.00 Å². The molecule has 0 bridgehead atoms. The van der Waals surface area contributed by atoms with Gasteiger partial charge in [-0.1, -0.05) is 49.4 Å². The summed E-state index contributed by atoms with van der Waals surface area (Å²) in [6, 6.07) is 17.3. The third kappa shape index (κ3) is 6.03. The summed E-state index contributed by atoms with van der Waals surface area (Å²) >= 11 is 1.44. The molecular weight excluding hydrogens is 460 g/mol. The number of piperidine rings is 1.